The second kappa shape index (κ2) is 10.9. The van der Waals surface area contributed by atoms with Crippen molar-refractivity contribution in [3.8, 4) is 11.1 Å². The van der Waals surface area contributed by atoms with Gasteiger partial charge in [-0.2, -0.15) is 0 Å². The van der Waals surface area contributed by atoms with Crippen LogP contribution in [0.1, 0.15) is 70.4 Å². The average Bonchev–Trinajstić information content (AvgIpc) is 3.17. The van der Waals surface area contributed by atoms with Gasteiger partial charge >= 0.3 is 12.1 Å². The van der Waals surface area contributed by atoms with E-state index in [1.165, 1.54) is 0 Å². The quantitative estimate of drug-likeness (QED) is 0.415. The number of carbonyl (C=O) groups is 3. The SMILES string of the molecule is CCCC(C)(NC(=O)OCC1c2ccccc2-c2ccccc21)C(=O)NCC(CC)(CC)C(=O)O. The molecule has 0 saturated heterocycles. The molecule has 2 amide bonds. The molecule has 1 aliphatic rings. The molecule has 2 aromatic rings. The Bertz CT molecular complexity index is 1030. The van der Waals surface area contributed by atoms with Gasteiger partial charge in [-0.3, -0.25) is 9.59 Å². The molecule has 188 valence electrons. The molecule has 0 spiro atoms. The molecule has 3 rings (SSSR count). The number of hydrogen-bond donors (Lipinski definition) is 3. The number of hydrogen-bond acceptors (Lipinski definition) is 4. The van der Waals surface area contributed by atoms with Gasteiger partial charge in [0.1, 0.15) is 12.1 Å². The Hall–Kier alpha value is -3.35. The molecule has 1 aliphatic carbocycles. The number of carboxylic acid groups (broad SMARTS) is 1. The molecule has 2 aromatic carbocycles. The first-order chi connectivity index (χ1) is 16.7. The maximum Gasteiger partial charge on any atom is 0.408 e. The fourth-order valence-corrected chi connectivity index (χ4v) is 4.92. The lowest BCUT2D eigenvalue weighted by molar-refractivity contribution is -0.149. The number of aliphatic carboxylic acids is 1. The smallest absolute Gasteiger partial charge is 0.408 e. The van der Waals surface area contributed by atoms with Crippen molar-refractivity contribution in [2.24, 2.45) is 5.41 Å². The van der Waals surface area contributed by atoms with Gasteiger partial charge in [-0.15, -0.1) is 0 Å². The van der Waals surface area contributed by atoms with Gasteiger partial charge in [0.05, 0.1) is 5.41 Å². The van der Waals surface area contributed by atoms with Gasteiger partial charge in [0.2, 0.25) is 5.91 Å². The van der Waals surface area contributed by atoms with Gasteiger partial charge in [0.25, 0.3) is 0 Å². The lowest BCUT2D eigenvalue weighted by Crippen LogP contribution is -2.58. The summed E-state index contributed by atoms with van der Waals surface area (Å²) in [5, 5.41) is 15.2. The van der Waals surface area contributed by atoms with Gasteiger partial charge in [-0.1, -0.05) is 75.7 Å². The van der Waals surface area contributed by atoms with E-state index in [1.807, 2.05) is 43.3 Å². The number of ether oxygens (including phenoxy) is 1. The highest BCUT2D eigenvalue weighted by molar-refractivity contribution is 5.90. The van der Waals surface area contributed by atoms with Crippen molar-refractivity contribution in [1.29, 1.82) is 0 Å². The number of amides is 2. The van der Waals surface area contributed by atoms with Crippen molar-refractivity contribution in [2.75, 3.05) is 13.2 Å². The van der Waals surface area contributed by atoms with Crippen molar-refractivity contribution in [3.63, 3.8) is 0 Å². The molecule has 1 unspecified atom stereocenters. The monoisotopic (exact) mass is 480 g/mol. The van der Waals surface area contributed by atoms with E-state index < -0.39 is 28.9 Å². The van der Waals surface area contributed by atoms with Crippen LogP contribution in [0, 0.1) is 5.41 Å². The number of benzene rings is 2. The van der Waals surface area contributed by atoms with Gasteiger partial charge in [0, 0.05) is 12.5 Å². The average molecular weight is 481 g/mol. The van der Waals surface area contributed by atoms with Crippen LogP contribution in [0.2, 0.25) is 0 Å². The molecular weight excluding hydrogens is 444 g/mol. The Labute approximate surface area is 207 Å². The normalized spacial score (nSPS) is 14.4. The highest BCUT2D eigenvalue weighted by Gasteiger charge is 2.39. The summed E-state index contributed by atoms with van der Waals surface area (Å²) in [5.74, 6) is -1.44. The molecule has 0 heterocycles. The Morgan fingerprint density at radius 1 is 0.943 bits per heavy atom. The number of carbonyl (C=O) groups excluding carboxylic acids is 2. The summed E-state index contributed by atoms with van der Waals surface area (Å²) in [6.07, 6.45) is 1.15. The largest absolute Gasteiger partial charge is 0.481 e. The van der Waals surface area contributed by atoms with Crippen molar-refractivity contribution >= 4 is 18.0 Å². The Balaban J connectivity index is 1.68. The fraction of sp³-hybridized carbons (Fsp3) is 0.464. The molecule has 35 heavy (non-hydrogen) atoms. The maximum atomic E-state index is 13.1. The van der Waals surface area contributed by atoms with Crippen LogP contribution >= 0.6 is 0 Å². The van der Waals surface area contributed by atoms with Crippen molar-refractivity contribution in [2.45, 2.75) is 64.8 Å². The molecule has 0 aromatic heterocycles. The summed E-state index contributed by atoms with van der Waals surface area (Å²) < 4.78 is 5.63. The number of fused-ring (bicyclic) bond motifs is 3. The van der Waals surface area contributed by atoms with Crippen LogP contribution in [0.4, 0.5) is 4.79 Å². The molecule has 0 fully saturated rings. The van der Waals surface area contributed by atoms with E-state index in [1.54, 1.807) is 20.8 Å². The number of alkyl carbamates (subject to hydrolysis) is 1. The van der Waals surface area contributed by atoms with E-state index in [2.05, 4.69) is 22.8 Å². The minimum atomic E-state index is -1.22. The zero-order valence-electron chi connectivity index (χ0n) is 21.0. The second-order valence-electron chi connectivity index (χ2n) is 9.51. The van der Waals surface area contributed by atoms with E-state index >= 15 is 0 Å². The van der Waals surface area contributed by atoms with E-state index in [0.29, 0.717) is 25.7 Å². The summed E-state index contributed by atoms with van der Waals surface area (Å²) in [4.78, 5) is 37.7. The third kappa shape index (κ3) is 5.34. The lowest BCUT2D eigenvalue weighted by atomic mass is 9.82. The molecule has 3 N–H and O–H groups in total. The number of nitrogens with one attached hydrogen (secondary N) is 2. The molecule has 0 aliphatic heterocycles. The number of carboxylic acids is 1. The Kier molecular flexibility index (Phi) is 8.20. The third-order valence-electron chi connectivity index (χ3n) is 7.37. The van der Waals surface area contributed by atoms with Crippen molar-refractivity contribution in [3.05, 3.63) is 59.7 Å². The van der Waals surface area contributed by atoms with Crippen LogP contribution in [-0.4, -0.2) is 41.8 Å². The van der Waals surface area contributed by atoms with Gasteiger partial charge in [-0.05, 0) is 48.4 Å². The van der Waals surface area contributed by atoms with Gasteiger partial charge < -0.3 is 20.5 Å². The van der Waals surface area contributed by atoms with E-state index in [-0.39, 0.29) is 19.1 Å². The first-order valence-corrected chi connectivity index (χ1v) is 12.4. The fourth-order valence-electron chi connectivity index (χ4n) is 4.92. The highest BCUT2D eigenvalue weighted by atomic mass is 16.5. The lowest BCUT2D eigenvalue weighted by Gasteiger charge is -2.32. The van der Waals surface area contributed by atoms with Crippen molar-refractivity contribution in [1.82, 2.24) is 10.6 Å². The van der Waals surface area contributed by atoms with E-state index in [0.717, 1.165) is 22.3 Å². The van der Waals surface area contributed by atoms with E-state index in [4.69, 9.17) is 4.74 Å². The molecule has 0 bridgehead atoms. The van der Waals surface area contributed by atoms with Crippen LogP contribution < -0.4 is 10.6 Å². The first kappa shape index (κ1) is 26.3. The van der Waals surface area contributed by atoms with E-state index in [9.17, 15) is 19.5 Å². The second-order valence-corrected chi connectivity index (χ2v) is 9.51. The van der Waals surface area contributed by atoms with Crippen LogP contribution in [0.5, 0.6) is 0 Å². The molecule has 7 heteroatoms. The van der Waals surface area contributed by atoms with Crippen molar-refractivity contribution < 1.29 is 24.2 Å². The molecule has 0 radical (unpaired) electrons. The third-order valence-corrected chi connectivity index (χ3v) is 7.37. The standard InChI is InChI=1S/C28H36N2O5/c1-5-16-27(4,24(31)29-18-28(6-2,7-3)25(32)33)30-26(34)35-17-23-21-14-10-8-12-19(21)20-13-9-11-15-22(20)23/h8-15,23H,5-7,16-18H2,1-4H3,(H,29,31)(H,30,34)(H,32,33). The number of rotatable bonds is 11. The summed E-state index contributed by atoms with van der Waals surface area (Å²) in [6.45, 7) is 7.31. The molecule has 0 saturated carbocycles. The minimum absolute atomic E-state index is 0.000158. The van der Waals surface area contributed by atoms with Crippen LogP contribution in [0.3, 0.4) is 0 Å². The van der Waals surface area contributed by atoms with Crippen LogP contribution in [-0.2, 0) is 14.3 Å². The molecule has 1 atom stereocenters. The predicted molar refractivity (Wildman–Crippen MR) is 135 cm³/mol. The first-order valence-electron chi connectivity index (χ1n) is 12.4. The van der Waals surface area contributed by atoms with Crippen LogP contribution in [0.25, 0.3) is 11.1 Å². The summed E-state index contributed by atoms with van der Waals surface area (Å²) in [7, 11) is 0. The van der Waals surface area contributed by atoms with Gasteiger partial charge in [0.15, 0.2) is 0 Å². The predicted octanol–water partition coefficient (Wildman–Crippen LogP) is 5.09. The highest BCUT2D eigenvalue weighted by Crippen LogP contribution is 2.44. The Morgan fingerprint density at radius 2 is 1.49 bits per heavy atom. The minimum Gasteiger partial charge on any atom is -0.481 e. The molecular formula is C28H36N2O5. The zero-order valence-corrected chi connectivity index (χ0v) is 21.0. The van der Waals surface area contributed by atoms with Crippen LogP contribution in [0.15, 0.2) is 48.5 Å². The topological polar surface area (TPSA) is 105 Å². The maximum absolute atomic E-state index is 13.1. The summed E-state index contributed by atoms with van der Waals surface area (Å²) in [5.41, 5.74) is 2.25. The zero-order chi connectivity index (χ0) is 25.6. The Morgan fingerprint density at radius 3 is 1.97 bits per heavy atom. The summed E-state index contributed by atoms with van der Waals surface area (Å²) >= 11 is 0. The summed E-state index contributed by atoms with van der Waals surface area (Å²) in [6, 6.07) is 16.2. The van der Waals surface area contributed by atoms with Gasteiger partial charge in [-0.25, -0.2) is 4.79 Å². The molecule has 7 nitrogen and oxygen atoms in total.